The Hall–Kier alpha value is -2.31. The van der Waals surface area contributed by atoms with E-state index < -0.39 is 6.10 Å². The van der Waals surface area contributed by atoms with Crippen molar-refractivity contribution in [2.45, 2.75) is 39.7 Å². The number of fused-ring (bicyclic) bond motifs is 1. The van der Waals surface area contributed by atoms with Gasteiger partial charge in [-0.3, -0.25) is 14.5 Å². The second-order valence-corrected chi connectivity index (χ2v) is 5.97. The summed E-state index contributed by atoms with van der Waals surface area (Å²) >= 11 is 0. The fraction of sp³-hybridized carbons (Fsp3) is 0.562. The summed E-state index contributed by atoms with van der Waals surface area (Å²) in [6.45, 7) is 6.36. The lowest BCUT2D eigenvalue weighted by atomic mass is 10.0. The molecule has 7 heteroatoms. The molecule has 2 heterocycles. The minimum atomic E-state index is -0.628. The summed E-state index contributed by atoms with van der Waals surface area (Å²) in [4.78, 5) is 30.3. The molecule has 0 fully saturated rings. The first kappa shape index (κ1) is 17.1. The van der Waals surface area contributed by atoms with Crippen molar-refractivity contribution >= 4 is 23.5 Å². The zero-order valence-electron chi connectivity index (χ0n) is 13.8. The molecule has 0 saturated heterocycles. The van der Waals surface area contributed by atoms with Crippen LogP contribution < -0.4 is 20.7 Å². The molecule has 1 unspecified atom stereocenters. The second kappa shape index (κ2) is 7.30. The van der Waals surface area contributed by atoms with Crippen LogP contribution in [-0.2, 0) is 9.59 Å². The SMILES string of the molecule is CCCCNC(=O)CN1C(=O)C(C(C)C)Oc2ccc(N)nc21. The van der Waals surface area contributed by atoms with E-state index in [1.54, 1.807) is 12.1 Å². The van der Waals surface area contributed by atoms with E-state index in [2.05, 4.69) is 10.3 Å². The molecule has 7 nitrogen and oxygen atoms in total. The molecular formula is C16H24N4O3. The highest BCUT2D eigenvalue weighted by Crippen LogP contribution is 2.34. The number of hydrogen-bond acceptors (Lipinski definition) is 5. The van der Waals surface area contributed by atoms with Gasteiger partial charge >= 0.3 is 0 Å². The number of carbonyl (C=O) groups is 2. The number of unbranched alkanes of at least 4 members (excludes halogenated alkanes) is 1. The van der Waals surface area contributed by atoms with Gasteiger partial charge in [0.15, 0.2) is 17.7 Å². The van der Waals surface area contributed by atoms with E-state index in [1.165, 1.54) is 4.90 Å². The molecule has 1 atom stereocenters. The number of nitrogens with one attached hydrogen (secondary N) is 1. The molecule has 2 amide bonds. The minimum Gasteiger partial charge on any atom is -0.476 e. The van der Waals surface area contributed by atoms with Crippen LogP contribution in [0.4, 0.5) is 11.6 Å². The molecule has 23 heavy (non-hydrogen) atoms. The summed E-state index contributed by atoms with van der Waals surface area (Å²) in [6.07, 6.45) is 1.27. The Morgan fingerprint density at radius 3 is 2.87 bits per heavy atom. The summed E-state index contributed by atoms with van der Waals surface area (Å²) in [6, 6.07) is 3.30. The predicted molar refractivity (Wildman–Crippen MR) is 88.2 cm³/mol. The van der Waals surface area contributed by atoms with Crippen LogP contribution in [0, 0.1) is 5.92 Å². The number of nitrogen functional groups attached to an aromatic ring is 1. The van der Waals surface area contributed by atoms with Crippen LogP contribution in [0.1, 0.15) is 33.6 Å². The Kier molecular flexibility index (Phi) is 5.41. The smallest absolute Gasteiger partial charge is 0.270 e. The topological polar surface area (TPSA) is 97.5 Å². The monoisotopic (exact) mass is 320 g/mol. The number of pyridine rings is 1. The van der Waals surface area contributed by atoms with Gasteiger partial charge in [-0.15, -0.1) is 0 Å². The molecule has 0 radical (unpaired) electrons. The van der Waals surface area contributed by atoms with Crippen LogP contribution in [0.3, 0.4) is 0 Å². The predicted octanol–water partition coefficient (Wildman–Crippen LogP) is 1.33. The third kappa shape index (κ3) is 3.91. The van der Waals surface area contributed by atoms with E-state index in [0.717, 1.165) is 12.8 Å². The molecule has 1 aromatic heterocycles. The maximum atomic E-state index is 12.6. The zero-order valence-corrected chi connectivity index (χ0v) is 13.8. The summed E-state index contributed by atoms with van der Waals surface area (Å²) in [5.74, 6) is 0.553. The molecule has 0 aliphatic carbocycles. The standard InChI is InChI=1S/C16H24N4O3/c1-4-5-8-18-13(21)9-20-15-11(6-7-12(17)19-15)23-14(10(2)3)16(20)22/h6-7,10,14H,4-5,8-9H2,1-3H3,(H2,17,19)(H,18,21). The van der Waals surface area contributed by atoms with Gasteiger partial charge in [0.25, 0.3) is 5.91 Å². The number of carbonyl (C=O) groups excluding carboxylic acids is 2. The lowest BCUT2D eigenvalue weighted by molar-refractivity contribution is -0.130. The van der Waals surface area contributed by atoms with Gasteiger partial charge in [0.2, 0.25) is 5.91 Å². The Balaban J connectivity index is 2.23. The van der Waals surface area contributed by atoms with Crippen molar-refractivity contribution < 1.29 is 14.3 Å². The van der Waals surface area contributed by atoms with E-state index in [9.17, 15) is 9.59 Å². The number of ether oxygens (including phenoxy) is 1. The van der Waals surface area contributed by atoms with Crippen molar-refractivity contribution in [1.82, 2.24) is 10.3 Å². The Labute approximate surface area is 136 Å². The summed E-state index contributed by atoms with van der Waals surface area (Å²) in [7, 11) is 0. The minimum absolute atomic E-state index is 0.0149. The third-order valence-corrected chi connectivity index (χ3v) is 3.64. The number of amides is 2. The number of hydrogen-bond donors (Lipinski definition) is 2. The second-order valence-electron chi connectivity index (χ2n) is 5.97. The zero-order chi connectivity index (χ0) is 17.0. The molecule has 0 bridgehead atoms. The van der Waals surface area contributed by atoms with Crippen molar-refractivity contribution in [2.75, 3.05) is 23.7 Å². The van der Waals surface area contributed by atoms with Gasteiger partial charge in [0.05, 0.1) is 0 Å². The highest BCUT2D eigenvalue weighted by molar-refractivity contribution is 6.03. The molecule has 1 aliphatic rings. The molecule has 1 aromatic rings. The Morgan fingerprint density at radius 1 is 1.48 bits per heavy atom. The lowest BCUT2D eigenvalue weighted by Crippen LogP contribution is -2.52. The quantitative estimate of drug-likeness (QED) is 0.771. The van der Waals surface area contributed by atoms with Crippen molar-refractivity contribution in [3.8, 4) is 5.75 Å². The van der Waals surface area contributed by atoms with Gasteiger partial charge < -0.3 is 15.8 Å². The van der Waals surface area contributed by atoms with E-state index in [1.807, 2.05) is 20.8 Å². The molecule has 2 rings (SSSR count). The number of rotatable bonds is 6. The summed E-state index contributed by atoms with van der Waals surface area (Å²) < 4.78 is 5.73. The highest BCUT2D eigenvalue weighted by atomic mass is 16.5. The average Bonchev–Trinajstić information content (AvgIpc) is 2.50. The molecule has 0 saturated carbocycles. The van der Waals surface area contributed by atoms with Crippen LogP contribution in [0.25, 0.3) is 0 Å². The molecule has 126 valence electrons. The first-order valence-corrected chi connectivity index (χ1v) is 7.95. The van der Waals surface area contributed by atoms with E-state index in [4.69, 9.17) is 10.5 Å². The van der Waals surface area contributed by atoms with Gasteiger partial charge in [-0.1, -0.05) is 27.2 Å². The van der Waals surface area contributed by atoms with Gasteiger partial charge in [0, 0.05) is 6.54 Å². The van der Waals surface area contributed by atoms with E-state index in [-0.39, 0.29) is 30.1 Å². The van der Waals surface area contributed by atoms with Gasteiger partial charge in [-0.05, 0) is 24.5 Å². The number of aromatic nitrogens is 1. The highest BCUT2D eigenvalue weighted by Gasteiger charge is 2.38. The van der Waals surface area contributed by atoms with Crippen molar-refractivity contribution in [2.24, 2.45) is 5.92 Å². The normalized spacial score (nSPS) is 17.0. The molecule has 0 spiro atoms. The van der Waals surface area contributed by atoms with Gasteiger partial charge in [0.1, 0.15) is 12.4 Å². The van der Waals surface area contributed by atoms with Crippen molar-refractivity contribution in [3.05, 3.63) is 12.1 Å². The van der Waals surface area contributed by atoms with Crippen molar-refractivity contribution in [1.29, 1.82) is 0 Å². The van der Waals surface area contributed by atoms with Crippen LogP contribution >= 0.6 is 0 Å². The maximum absolute atomic E-state index is 12.6. The van der Waals surface area contributed by atoms with Gasteiger partial charge in [-0.25, -0.2) is 4.98 Å². The molecule has 0 aromatic carbocycles. The van der Waals surface area contributed by atoms with Crippen LogP contribution in [0.5, 0.6) is 5.75 Å². The van der Waals surface area contributed by atoms with Gasteiger partial charge in [-0.2, -0.15) is 0 Å². The Bertz CT molecular complexity index is 589. The van der Waals surface area contributed by atoms with E-state index in [0.29, 0.717) is 18.1 Å². The van der Waals surface area contributed by atoms with E-state index >= 15 is 0 Å². The Morgan fingerprint density at radius 2 is 2.22 bits per heavy atom. The number of nitrogens with two attached hydrogens (primary N) is 1. The molecular weight excluding hydrogens is 296 g/mol. The van der Waals surface area contributed by atoms with Crippen LogP contribution in [0.2, 0.25) is 0 Å². The average molecular weight is 320 g/mol. The lowest BCUT2D eigenvalue weighted by Gasteiger charge is -2.34. The van der Waals surface area contributed by atoms with Crippen LogP contribution in [-0.4, -0.2) is 36.0 Å². The maximum Gasteiger partial charge on any atom is 0.270 e. The molecule has 1 aliphatic heterocycles. The largest absolute Gasteiger partial charge is 0.476 e. The summed E-state index contributed by atoms with van der Waals surface area (Å²) in [5, 5.41) is 2.81. The van der Waals surface area contributed by atoms with Crippen LogP contribution in [0.15, 0.2) is 12.1 Å². The third-order valence-electron chi connectivity index (χ3n) is 3.64. The fourth-order valence-corrected chi connectivity index (χ4v) is 2.36. The fourth-order valence-electron chi connectivity index (χ4n) is 2.36. The first-order valence-electron chi connectivity index (χ1n) is 7.95. The van der Waals surface area contributed by atoms with Crippen molar-refractivity contribution in [3.63, 3.8) is 0 Å². The summed E-state index contributed by atoms with van der Waals surface area (Å²) in [5.41, 5.74) is 5.71. The first-order chi connectivity index (χ1) is 10.9. The number of anilines is 2. The molecule has 3 N–H and O–H groups in total. The number of nitrogens with zero attached hydrogens (tertiary/aromatic N) is 2.